The van der Waals surface area contributed by atoms with Crippen molar-refractivity contribution in [3.8, 4) is 0 Å². The van der Waals surface area contributed by atoms with Gasteiger partial charge in [-0.2, -0.15) is 17.0 Å². The van der Waals surface area contributed by atoms with E-state index in [9.17, 15) is 8.42 Å². The van der Waals surface area contributed by atoms with Crippen LogP contribution in [0.5, 0.6) is 0 Å². The zero-order valence-electron chi connectivity index (χ0n) is 13.3. The molecule has 0 aliphatic carbocycles. The topological polar surface area (TPSA) is 72.5 Å². The van der Waals surface area contributed by atoms with Crippen molar-refractivity contribution in [1.82, 2.24) is 23.5 Å². The first-order valence-corrected chi connectivity index (χ1v) is 8.62. The number of aryl methyl sites for hydroxylation is 2. The van der Waals surface area contributed by atoms with Gasteiger partial charge in [0.05, 0.1) is 5.69 Å². The highest BCUT2D eigenvalue weighted by atomic mass is 32.2. The highest BCUT2D eigenvalue weighted by Crippen LogP contribution is 2.13. The third-order valence-electron chi connectivity index (χ3n) is 3.81. The van der Waals surface area contributed by atoms with Crippen LogP contribution in [-0.2, 0) is 16.8 Å². The normalized spacial score (nSPS) is 19.1. The Morgan fingerprint density at radius 2 is 1.90 bits per heavy atom. The van der Waals surface area contributed by atoms with Gasteiger partial charge in [0.2, 0.25) is 0 Å². The molecule has 8 heteroatoms. The number of aromatic nitrogens is 2. The zero-order valence-corrected chi connectivity index (χ0v) is 14.1. The first-order valence-electron chi connectivity index (χ1n) is 7.22. The predicted molar refractivity (Wildman–Crippen MR) is 82.1 cm³/mol. The summed E-state index contributed by atoms with van der Waals surface area (Å²) in [5.74, 6) is 0.925. The second-order valence-electron chi connectivity index (χ2n) is 5.71. The molecule has 1 fully saturated rings. The maximum absolute atomic E-state index is 12.2. The molecule has 2 heterocycles. The lowest BCUT2D eigenvalue weighted by Gasteiger charge is -2.24. The Labute approximate surface area is 127 Å². The number of H-pyrrole nitrogens is 1. The highest BCUT2D eigenvalue weighted by Gasteiger charge is 2.27. The third-order valence-corrected chi connectivity index (χ3v) is 5.75. The van der Waals surface area contributed by atoms with Gasteiger partial charge in [0.15, 0.2) is 0 Å². The van der Waals surface area contributed by atoms with E-state index >= 15 is 0 Å². The van der Waals surface area contributed by atoms with Gasteiger partial charge in [-0.25, -0.2) is 4.98 Å². The Morgan fingerprint density at radius 3 is 2.48 bits per heavy atom. The van der Waals surface area contributed by atoms with E-state index in [1.165, 1.54) is 4.31 Å². The molecule has 1 aromatic rings. The van der Waals surface area contributed by atoms with Crippen molar-refractivity contribution in [2.24, 2.45) is 0 Å². The Hall–Kier alpha value is -0.960. The Balaban J connectivity index is 2.00. The van der Waals surface area contributed by atoms with E-state index in [0.717, 1.165) is 43.3 Å². The Bertz CT molecular complexity index is 581. The molecule has 1 aliphatic heterocycles. The first-order chi connectivity index (χ1) is 9.80. The monoisotopic (exact) mass is 315 g/mol. The van der Waals surface area contributed by atoms with Crippen LogP contribution in [0.1, 0.15) is 23.6 Å². The van der Waals surface area contributed by atoms with E-state index in [1.807, 2.05) is 13.8 Å². The number of hydrogen-bond acceptors (Lipinski definition) is 4. The van der Waals surface area contributed by atoms with Crippen LogP contribution in [0.15, 0.2) is 0 Å². The molecule has 0 aromatic carbocycles. The Kier molecular flexibility index (Phi) is 5.03. The minimum atomic E-state index is -3.31. The lowest BCUT2D eigenvalue weighted by atomic mass is 10.3. The first kappa shape index (κ1) is 16.4. The van der Waals surface area contributed by atoms with E-state index in [-0.39, 0.29) is 0 Å². The molecular weight excluding hydrogens is 290 g/mol. The second kappa shape index (κ2) is 6.43. The molecule has 2 rings (SSSR count). The predicted octanol–water partition coefficient (Wildman–Crippen LogP) is 0.341. The quantitative estimate of drug-likeness (QED) is 0.870. The molecule has 120 valence electrons. The van der Waals surface area contributed by atoms with E-state index in [4.69, 9.17) is 0 Å². The molecule has 0 saturated carbocycles. The van der Waals surface area contributed by atoms with Gasteiger partial charge >= 0.3 is 0 Å². The standard InChI is InChI=1S/C13H25N5O2S/c1-11-13(15-12(2)14-11)10-17-6-5-7-18(9-8-17)21(19,20)16(3)4/h5-10H2,1-4H3,(H,14,15). The molecule has 0 atom stereocenters. The number of nitrogens with zero attached hydrogens (tertiary/aromatic N) is 4. The zero-order chi connectivity index (χ0) is 15.6. The summed E-state index contributed by atoms with van der Waals surface area (Å²) < 4.78 is 27.2. The van der Waals surface area contributed by atoms with Crippen LogP contribution in [0, 0.1) is 13.8 Å². The molecule has 0 unspecified atom stereocenters. The fourth-order valence-electron chi connectivity index (χ4n) is 2.59. The minimum absolute atomic E-state index is 0.531. The molecule has 7 nitrogen and oxygen atoms in total. The van der Waals surface area contributed by atoms with Crippen LogP contribution in [0.4, 0.5) is 0 Å². The van der Waals surface area contributed by atoms with Gasteiger partial charge < -0.3 is 4.98 Å². The van der Waals surface area contributed by atoms with E-state index in [2.05, 4.69) is 14.9 Å². The molecule has 1 aromatic heterocycles. The van der Waals surface area contributed by atoms with Gasteiger partial charge in [-0.1, -0.05) is 0 Å². The van der Waals surface area contributed by atoms with Crippen molar-refractivity contribution in [2.75, 3.05) is 40.3 Å². The van der Waals surface area contributed by atoms with Crippen LogP contribution >= 0.6 is 0 Å². The number of imidazole rings is 1. The molecule has 0 spiro atoms. The summed E-state index contributed by atoms with van der Waals surface area (Å²) in [6.45, 7) is 7.48. The average Bonchev–Trinajstić information content (AvgIpc) is 2.61. The van der Waals surface area contributed by atoms with E-state index < -0.39 is 10.2 Å². The number of aromatic amines is 1. The van der Waals surface area contributed by atoms with Crippen molar-refractivity contribution in [3.05, 3.63) is 17.2 Å². The van der Waals surface area contributed by atoms with E-state index in [0.29, 0.717) is 13.1 Å². The summed E-state index contributed by atoms with van der Waals surface area (Å²) in [5, 5.41) is 0. The minimum Gasteiger partial charge on any atom is -0.346 e. The summed E-state index contributed by atoms with van der Waals surface area (Å²) >= 11 is 0. The van der Waals surface area contributed by atoms with Crippen molar-refractivity contribution >= 4 is 10.2 Å². The molecule has 1 saturated heterocycles. The lowest BCUT2D eigenvalue weighted by Crippen LogP contribution is -2.42. The van der Waals surface area contributed by atoms with Gasteiger partial charge in [0.1, 0.15) is 5.82 Å². The number of nitrogens with one attached hydrogen (secondary N) is 1. The molecule has 1 N–H and O–H groups in total. The fraction of sp³-hybridized carbons (Fsp3) is 0.769. The summed E-state index contributed by atoms with van der Waals surface area (Å²) in [6.07, 6.45) is 0.843. The van der Waals surface area contributed by atoms with Crippen LogP contribution in [0.25, 0.3) is 0 Å². The number of hydrogen-bond donors (Lipinski definition) is 1. The molecule has 0 amide bonds. The van der Waals surface area contributed by atoms with Gasteiger partial charge in [-0.05, 0) is 26.8 Å². The van der Waals surface area contributed by atoms with Crippen LogP contribution in [0.3, 0.4) is 0 Å². The Morgan fingerprint density at radius 1 is 1.19 bits per heavy atom. The van der Waals surface area contributed by atoms with Gasteiger partial charge in [-0.15, -0.1) is 0 Å². The summed E-state index contributed by atoms with van der Waals surface area (Å²) in [5.41, 5.74) is 2.14. The maximum Gasteiger partial charge on any atom is 0.281 e. The van der Waals surface area contributed by atoms with Crippen molar-refractivity contribution in [2.45, 2.75) is 26.8 Å². The third kappa shape index (κ3) is 3.82. The van der Waals surface area contributed by atoms with Crippen LogP contribution in [0.2, 0.25) is 0 Å². The molecule has 1 aliphatic rings. The summed E-state index contributed by atoms with van der Waals surface area (Å²) in [7, 11) is -0.151. The number of rotatable bonds is 4. The SMILES string of the molecule is Cc1nc(CN2CCCN(S(=O)(=O)N(C)C)CC2)c(C)[nH]1. The highest BCUT2D eigenvalue weighted by molar-refractivity contribution is 7.86. The fourth-order valence-corrected chi connectivity index (χ4v) is 3.72. The van der Waals surface area contributed by atoms with Crippen molar-refractivity contribution < 1.29 is 8.42 Å². The van der Waals surface area contributed by atoms with Crippen LogP contribution < -0.4 is 0 Å². The molecule has 0 radical (unpaired) electrons. The molecule has 0 bridgehead atoms. The van der Waals surface area contributed by atoms with Gasteiger partial charge in [0.25, 0.3) is 10.2 Å². The van der Waals surface area contributed by atoms with Gasteiger partial charge in [0, 0.05) is 46.0 Å². The second-order valence-corrected chi connectivity index (χ2v) is 7.86. The lowest BCUT2D eigenvalue weighted by molar-refractivity contribution is 0.274. The van der Waals surface area contributed by atoms with Crippen molar-refractivity contribution in [3.63, 3.8) is 0 Å². The van der Waals surface area contributed by atoms with Crippen molar-refractivity contribution in [1.29, 1.82) is 0 Å². The smallest absolute Gasteiger partial charge is 0.281 e. The maximum atomic E-state index is 12.2. The summed E-state index contributed by atoms with van der Waals surface area (Å²) in [6, 6.07) is 0. The molecule has 21 heavy (non-hydrogen) atoms. The summed E-state index contributed by atoms with van der Waals surface area (Å²) in [4.78, 5) is 9.98. The van der Waals surface area contributed by atoms with E-state index in [1.54, 1.807) is 18.4 Å². The molecular formula is C13H25N5O2S. The average molecular weight is 315 g/mol. The van der Waals surface area contributed by atoms with Gasteiger partial charge in [-0.3, -0.25) is 4.90 Å². The van der Waals surface area contributed by atoms with Crippen LogP contribution in [-0.4, -0.2) is 72.2 Å². The largest absolute Gasteiger partial charge is 0.346 e.